The van der Waals surface area contributed by atoms with E-state index in [2.05, 4.69) is 9.72 Å². The lowest BCUT2D eigenvalue weighted by molar-refractivity contribution is 0.0684. The molecule has 0 aliphatic rings. The van der Waals surface area contributed by atoms with E-state index in [9.17, 15) is 13.6 Å². The van der Waals surface area contributed by atoms with E-state index >= 15 is 0 Å². The number of nitrogens with zero attached hydrogens (tertiary/aromatic N) is 1. The van der Waals surface area contributed by atoms with Crippen molar-refractivity contribution in [1.29, 1.82) is 0 Å². The highest BCUT2D eigenvalue weighted by atomic mass is 19.3. The molecule has 0 unspecified atom stereocenters. The quantitative estimate of drug-likeness (QED) is 0.798. The molecule has 1 aromatic heterocycles. The molecule has 0 aliphatic heterocycles. The number of aromatic nitrogens is 1. The van der Waals surface area contributed by atoms with E-state index in [-0.39, 0.29) is 5.88 Å². The molecule has 0 amide bonds. The third kappa shape index (κ3) is 1.95. The average Bonchev–Trinajstić information content (AvgIpc) is 2.16. The zero-order valence-corrected chi connectivity index (χ0v) is 7.70. The van der Waals surface area contributed by atoms with Crippen LogP contribution in [0.3, 0.4) is 0 Å². The molecule has 0 fully saturated rings. The number of aromatic carboxylic acids is 1. The Bertz CT molecular complexity index is 396. The molecule has 5 nitrogen and oxygen atoms in total. The summed E-state index contributed by atoms with van der Waals surface area (Å²) in [5.41, 5.74) is 3.46. The fraction of sp³-hybridized carbons (Fsp3) is 0.250. The number of rotatable bonds is 3. The molecular weight excluding hydrogens is 210 g/mol. The number of carboxylic acids is 1. The van der Waals surface area contributed by atoms with Crippen molar-refractivity contribution in [3.05, 3.63) is 17.3 Å². The zero-order valence-electron chi connectivity index (χ0n) is 7.70. The summed E-state index contributed by atoms with van der Waals surface area (Å²) in [5, 5.41) is 8.63. The molecule has 1 rings (SSSR count). The topological polar surface area (TPSA) is 85.4 Å². The molecule has 0 bridgehead atoms. The van der Waals surface area contributed by atoms with E-state index in [1.54, 1.807) is 0 Å². The summed E-state index contributed by atoms with van der Waals surface area (Å²) in [4.78, 5) is 14.1. The molecule has 0 saturated carbocycles. The monoisotopic (exact) mass is 218 g/mol. The van der Waals surface area contributed by atoms with Gasteiger partial charge in [0.25, 0.3) is 6.43 Å². The van der Waals surface area contributed by atoms with Crippen LogP contribution in [0, 0.1) is 0 Å². The predicted molar refractivity (Wildman–Crippen MR) is 47.1 cm³/mol. The van der Waals surface area contributed by atoms with Crippen molar-refractivity contribution in [3.8, 4) is 5.88 Å². The highest BCUT2D eigenvalue weighted by molar-refractivity contribution is 5.91. The van der Waals surface area contributed by atoms with Crippen LogP contribution in [0.25, 0.3) is 0 Å². The van der Waals surface area contributed by atoms with Crippen LogP contribution in [0.4, 0.5) is 14.5 Å². The molecule has 7 heteroatoms. The fourth-order valence-electron chi connectivity index (χ4n) is 1.09. The maximum atomic E-state index is 12.5. The van der Waals surface area contributed by atoms with Crippen LogP contribution in [0.15, 0.2) is 6.20 Å². The Balaban J connectivity index is 3.44. The standard InChI is InChI=1S/C8H8F2N2O3/c1-15-7-5(11)4(6(9)10)3(2-12-7)8(13)14/h2,6H,11H2,1H3,(H,13,14). The molecular formula is C8H8F2N2O3. The summed E-state index contributed by atoms with van der Waals surface area (Å²) in [7, 11) is 1.20. The molecule has 0 spiro atoms. The molecule has 0 aliphatic carbocycles. The number of alkyl halides is 2. The van der Waals surface area contributed by atoms with E-state index in [1.165, 1.54) is 7.11 Å². The molecule has 0 saturated heterocycles. The van der Waals surface area contributed by atoms with E-state index in [1.807, 2.05) is 0 Å². The Morgan fingerprint density at radius 2 is 2.27 bits per heavy atom. The highest BCUT2D eigenvalue weighted by Crippen LogP contribution is 2.33. The van der Waals surface area contributed by atoms with Crippen molar-refractivity contribution in [2.45, 2.75) is 6.43 Å². The lowest BCUT2D eigenvalue weighted by atomic mass is 10.1. The molecule has 15 heavy (non-hydrogen) atoms. The number of nitrogens with two attached hydrogens (primary N) is 1. The third-order valence-electron chi connectivity index (χ3n) is 1.76. The molecule has 1 aromatic rings. The summed E-state index contributed by atoms with van der Waals surface area (Å²) in [6.45, 7) is 0. The van der Waals surface area contributed by atoms with Gasteiger partial charge in [-0.15, -0.1) is 0 Å². The number of ether oxygens (including phenoxy) is 1. The largest absolute Gasteiger partial charge is 0.480 e. The summed E-state index contributed by atoms with van der Waals surface area (Å²) in [5.74, 6) is -1.72. The van der Waals surface area contributed by atoms with Gasteiger partial charge in [0.15, 0.2) is 0 Å². The molecule has 0 radical (unpaired) electrons. The van der Waals surface area contributed by atoms with Gasteiger partial charge >= 0.3 is 5.97 Å². The zero-order chi connectivity index (χ0) is 11.6. The van der Waals surface area contributed by atoms with Gasteiger partial charge in [0.05, 0.1) is 18.2 Å². The maximum Gasteiger partial charge on any atom is 0.337 e. The fourth-order valence-corrected chi connectivity index (χ4v) is 1.09. The number of halogens is 2. The second-order valence-corrected chi connectivity index (χ2v) is 2.61. The Morgan fingerprint density at radius 3 is 2.67 bits per heavy atom. The minimum atomic E-state index is -2.99. The molecule has 3 N–H and O–H groups in total. The van der Waals surface area contributed by atoms with E-state index in [0.29, 0.717) is 0 Å². The van der Waals surface area contributed by atoms with Crippen LogP contribution in [-0.4, -0.2) is 23.2 Å². The van der Waals surface area contributed by atoms with Gasteiger partial charge in [0.1, 0.15) is 5.69 Å². The molecule has 0 atom stereocenters. The first-order chi connectivity index (χ1) is 6.99. The number of pyridine rings is 1. The van der Waals surface area contributed by atoms with Crippen LogP contribution < -0.4 is 10.5 Å². The normalized spacial score (nSPS) is 10.4. The minimum Gasteiger partial charge on any atom is -0.480 e. The molecule has 1 heterocycles. The first-order valence-corrected chi connectivity index (χ1v) is 3.82. The van der Waals surface area contributed by atoms with Crippen molar-refractivity contribution < 1.29 is 23.4 Å². The number of methoxy groups -OCH3 is 1. The van der Waals surface area contributed by atoms with Gasteiger partial charge in [0.2, 0.25) is 5.88 Å². The second-order valence-electron chi connectivity index (χ2n) is 2.61. The van der Waals surface area contributed by atoms with Crippen LogP contribution in [0.1, 0.15) is 22.3 Å². The second kappa shape index (κ2) is 4.07. The number of carboxylic acid groups (broad SMARTS) is 1. The van der Waals surface area contributed by atoms with E-state index in [4.69, 9.17) is 10.8 Å². The third-order valence-corrected chi connectivity index (χ3v) is 1.76. The number of carbonyl (C=O) groups is 1. The van der Waals surface area contributed by atoms with Crippen molar-refractivity contribution in [1.82, 2.24) is 4.98 Å². The lowest BCUT2D eigenvalue weighted by Gasteiger charge is -2.10. The summed E-state index contributed by atoms with van der Waals surface area (Å²) < 4.78 is 29.7. The van der Waals surface area contributed by atoms with Crippen LogP contribution in [0.5, 0.6) is 5.88 Å². The van der Waals surface area contributed by atoms with Crippen molar-refractivity contribution in [3.63, 3.8) is 0 Å². The van der Waals surface area contributed by atoms with Gasteiger partial charge in [-0.2, -0.15) is 0 Å². The van der Waals surface area contributed by atoms with Gasteiger partial charge in [-0.3, -0.25) is 0 Å². The minimum absolute atomic E-state index is 0.213. The number of anilines is 1. The summed E-state index contributed by atoms with van der Waals surface area (Å²) in [6.07, 6.45) is -2.20. The van der Waals surface area contributed by atoms with Crippen LogP contribution in [-0.2, 0) is 0 Å². The molecule has 82 valence electrons. The SMILES string of the molecule is COc1ncc(C(=O)O)c(C(F)F)c1N. The highest BCUT2D eigenvalue weighted by Gasteiger charge is 2.24. The van der Waals surface area contributed by atoms with Crippen molar-refractivity contribution in [2.24, 2.45) is 0 Å². The van der Waals surface area contributed by atoms with Crippen LogP contribution >= 0.6 is 0 Å². The number of hydrogen-bond donors (Lipinski definition) is 2. The van der Waals surface area contributed by atoms with E-state index in [0.717, 1.165) is 6.20 Å². The van der Waals surface area contributed by atoms with Gasteiger partial charge < -0.3 is 15.6 Å². The first kappa shape index (κ1) is 11.2. The Labute approximate surface area is 83.5 Å². The summed E-state index contributed by atoms with van der Waals surface area (Å²) >= 11 is 0. The maximum absolute atomic E-state index is 12.5. The predicted octanol–water partition coefficient (Wildman–Crippen LogP) is 1.31. The van der Waals surface area contributed by atoms with Gasteiger partial charge in [-0.05, 0) is 0 Å². The van der Waals surface area contributed by atoms with Crippen LogP contribution in [0.2, 0.25) is 0 Å². The van der Waals surface area contributed by atoms with Crippen molar-refractivity contribution >= 4 is 11.7 Å². The van der Waals surface area contributed by atoms with Gasteiger partial charge in [-0.1, -0.05) is 0 Å². The van der Waals surface area contributed by atoms with Gasteiger partial charge in [0, 0.05) is 6.20 Å². The smallest absolute Gasteiger partial charge is 0.337 e. The average molecular weight is 218 g/mol. The lowest BCUT2D eigenvalue weighted by Crippen LogP contribution is -2.09. The first-order valence-electron chi connectivity index (χ1n) is 3.82. The summed E-state index contributed by atoms with van der Waals surface area (Å²) in [6, 6.07) is 0. The number of hydrogen-bond acceptors (Lipinski definition) is 4. The Hall–Kier alpha value is -1.92. The number of nitrogen functional groups attached to an aromatic ring is 1. The Morgan fingerprint density at radius 1 is 1.67 bits per heavy atom. The van der Waals surface area contributed by atoms with Crippen molar-refractivity contribution in [2.75, 3.05) is 12.8 Å². The Kier molecular flexibility index (Phi) is 3.03. The van der Waals surface area contributed by atoms with Gasteiger partial charge in [-0.25, -0.2) is 18.6 Å². The van der Waals surface area contributed by atoms with E-state index < -0.39 is 29.2 Å². The molecule has 0 aromatic carbocycles.